The fraction of sp³-hybridized carbons (Fsp3) is 0.462. The van der Waals surface area contributed by atoms with Crippen LogP contribution in [0.5, 0.6) is 0 Å². The number of rotatable bonds is 3. The molecule has 0 amide bonds. The van der Waals surface area contributed by atoms with E-state index in [0.717, 1.165) is 0 Å². The molecule has 1 aromatic rings. The summed E-state index contributed by atoms with van der Waals surface area (Å²) in [4.78, 5) is 10.5. The number of aldehydes is 1. The highest BCUT2D eigenvalue weighted by molar-refractivity contribution is 5.74. The molecular formula is C13H19NO3. The molecule has 4 nitrogen and oxygen atoms in total. The molecule has 1 aromatic carbocycles. The molecule has 0 saturated carbocycles. The predicted octanol–water partition coefficient (Wildman–Crippen LogP) is 1.01. The molecule has 0 unspecified atom stereocenters. The van der Waals surface area contributed by atoms with Crippen molar-refractivity contribution in [2.75, 3.05) is 0 Å². The van der Waals surface area contributed by atoms with Gasteiger partial charge in [-0.05, 0) is 5.41 Å². The Bertz CT molecular complexity index is 390. The fourth-order valence-corrected chi connectivity index (χ4v) is 1.65. The van der Waals surface area contributed by atoms with Crippen molar-refractivity contribution in [2.24, 2.45) is 11.1 Å². The predicted molar refractivity (Wildman–Crippen MR) is 65.4 cm³/mol. The van der Waals surface area contributed by atoms with Crippen LogP contribution in [-0.4, -0.2) is 22.6 Å². The third-order valence-corrected chi connectivity index (χ3v) is 2.75. The standard InChI is InChI=1S/C13H19NO3/c1-12(2,3)11(16)13(14,17)10-6-4-9(8-15)5-7-10/h4-8,11,16-17H,14H2,1-3H3/t11-,13-/m1/s1. The van der Waals surface area contributed by atoms with E-state index < -0.39 is 17.2 Å². The minimum absolute atomic E-state index is 0.380. The van der Waals surface area contributed by atoms with Gasteiger partial charge < -0.3 is 10.2 Å². The molecular weight excluding hydrogens is 218 g/mol. The van der Waals surface area contributed by atoms with Crippen LogP contribution in [0.25, 0.3) is 0 Å². The monoisotopic (exact) mass is 237 g/mol. The lowest BCUT2D eigenvalue weighted by Crippen LogP contribution is -2.53. The molecule has 0 aliphatic rings. The van der Waals surface area contributed by atoms with Gasteiger partial charge in [-0.3, -0.25) is 10.5 Å². The van der Waals surface area contributed by atoms with E-state index in [1.807, 2.05) is 0 Å². The molecule has 94 valence electrons. The Hall–Kier alpha value is -1.23. The smallest absolute Gasteiger partial charge is 0.166 e. The average Bonchev–Trinajstić information content (AvgIpc) is 2.27. The van der Waals surface area contributed by atoms with Crippen LogP contribution in [0.2, 0.25) is 0 Å². The van der Waals surface area contributed by atoms with Gasteiger partial charge in [-0.2, -0.15) is 0 Å². The minimum atomic E-state index is -1.83. The van der Waals surface area contributed by atoms with Crippen LogP contribution in [-0.2, 0) is 5.72 Å². The highest BCUT2D eigenvalue weighted by atomic mass is 16.4. The van der Waals surface area contributed by atoms with Gasteiger partial charge in [0, 0.05) is 11.1 Å². The third-order valence-electron chi connectivity index (χ3n) is 2.75. The maximum absolute atomic E-state index is 10.5. The second kappa shape index (κ2) is 4.56. The summed E-state index contributed by atoms with van der Waals surface area (Å²) in [6.07, 6.45) is -0.406. The largest absolute Gasteiger partial charge is 0.388 e. The lowest BCUT2D eigenvalue weighted by molar-refractivity contribution is -0.123. The van der Waals surface area contributed by atoms with Crippen LogP contribution < -0.4 is 5.73 Å². The summed E-state index contributed by atoms with van der Waals surface area (Å²) in [6.45, 7) is 5.36. The number of benzene rings is 1. The van der Waals surface area contributed by atoms with Crippen molar-refractivity contribution in [3.05, 3.63) is 35.4 Å². The van der Waals surface area contributed by atoms with Gasteiger partial charge in [0.15, 0.2) is 5.72 Å². The van der Waals surface area contributed by atoms with E-state index in [0.29, 0.717) is 17.4 Å². The summed E-state index contributed by atoms with van der Waals surface area (Å²) in [5, 5.41) is 20.2. The van der Waals surface area contributed by atoms with Gasteiger partial charge in [0.2, 0.25) is 0 Å². The quantitative estimate of drug-likeness (QED) is 0.541. The van der Waals surface area contributed by atoms with Gasteiger partial charge >= 0.3 is 0 Å². The molecule has 0 aliphatic carbocycles. The Kier molecular flexibility index (Phi) is 3.71. The Morgan fingerprint density at radius 1 is 1.24 bits per heavy atom. The van der Waals surface area contributed by atoms with E-state index in [4.69, 9.17) is 5.73 Å². The SMILES string of the molecule is CC(C)(C)[C@@H](O)[C@](N)(O)c1ccc(C=O)cc1. The molecule has 0 saturated heterocycles. The van der Waals surface area contributed by atoms with Crippen LogP contribution in [0.3, 0.4) is 0 Å². The molecule has 17 heavy (non-hydrogen) atoms. The highest BCUT2D eigenvalue weighted by Gasteiger charge is 2.40. The zero-order chi connectivity index (χ0) is 13.3. The second-order valence-electron chi connectivity index (χ2n) is 5.33. The molecule has 0 bridgehead atoms. The number of nitrogens with two attached hydrogens (primary N) is 1. The summed E-state index contributed by atoms with van der Waals surface area (Å²) >= 11 is 0. The van der Waals surface area contributed by atoms with Crippen molar-refractivity contribution in [1.82, 2.24) is 0 Å². The van der Waals surface area contributed by atoms with E-state index in [1.54, 1.807) is 45.0 Å². The van der Waals surface area contributed by atoms with E-state index in [2.05, 4.69) is 0 Å². The number of carbonyl (C=O) groups is 1. The van der Waals surface area contributed by atoms with Crippen molar-refractivity contribution in [3.8, 4) is 0 Å². The van der Waals surface area contributed by atoms with E-state index in [9.17, 15) is 15.0 Å². The average molecular weight is 237 g/mol. The van der Waals surface area contributed by atoms with Crippen molar-refractivity contribution in [3.63, 3.8) is 0 Å². The molecule has 4 N–H and O–H groups in total. The van der Waals surface area contributed by atoms with Gasteiger partial charge in [0.1, 0.15) is 12.4 Å². The van der Waals surface area contributed by atoms with Crippen molar-refractivity contribution < 1.29 is 15.0 Å². The summed E-state index contributed by atoms with van der Waals surface area (Å²) in [7, 11) is 0. The first kappa shape index (κ1) is 13.8. The van der Waals surface area contributed by atoms with Crippen LogP contribution >= 0.6 is 0 Å². The molecule has 0 radical (unpaired) electrons. The Labute approximate surface area is 101 Å². The van der Waals surface area contributed by atoms with Crippen LogP contribution in [0, 0.1) is 5.41 Å². The van der Waals surface area contributed by atoms with Gasteiger partial charge in [0.25, 0.3) is 0 Å². The first-order valence-electron chi connectivity index (χ1n) is 5.44. The van der Waals surface area contributed by atoms with Crippen LogP contribution in [0.15, 0.2) is 24.3 Å². The van der Waals surface area contributed by atoms with Crippen molar-refractivity contribution in [1.29, 1.82) is 0 Å². The zero-order valence-electron chi connectivity index (χ0n) is 10.3. The summed E-state index contributed by atoms with van der Waals surface area (Å²) in [5.41, 5.74) is 4.27. The highest BCUT2D eigenvalue weighted by Crippen LogP contribution is 2.31. The molecule has 0 spiro atoms. The molecule has 1 rings (SSSR count). The van der Waals surface area contributed by atoms with Crippen LogP contribution in [0.4, 0.5) is 0 Å². The number of carbonyl (C=O) groups excluding carboxylic acids is 1. The van der Waals surface area contributed by atoms with Crippen molar-refractivity contribution >= 4 is 6.29 Å². The number of aliphatic hydroxyl groups excluding tert-OH is 1. The van der Waals surface area contributed by atoms with Gasteiger partial charge in [0.05, 0.1) is 0 Å². The molecule has 0 aliphatic heterocycles. The topological polar surface area (TPSA) is 83.6 Å². The molecule has 0 aromatic heterocycles. The first-order chi connectivity index (χ1) is 7.69. The molecule has 0 heterocycles. The maximum Gasteiger partial charge on any atom is 0.166 e. The number of hydrogen-bond donors (Lipinski definition) is 3. The Morgan fingerprint density at radius 2 is 1.71 bits per heavy atom. The molecule has 2 atom stereocenters. The van der Waals surface area contributed by atoms with Crippen molar-refractivity contribution in [2.45, 2.75) is 32.6 Å². The first-order valence-corrected chi connectivity index (χ1v) is 5.44. The Balaban J connectivity index is 3.07. The number of hydrogen-bond acceptors (Lipinski definition) is 4. The molecule has 4 heteroatoms. The summed E-state index contributed by atoms with van der Waals surface area (Å²) in [6, 6.07) is 6.18. The Morgan fingerprint density at radius 3 is 2.06 bits per heavy atom. The summed E-state index contributed by atoms with van der Waals surface area (Å²) in [5.74, 6) is 0. The van der Waals surface area contributed by atoms with Gasteiger partial charge in [-0.15, -0.1) is 0 Å². The fourth-order valence-electron chi connectivity index (χ4n) is 1.65. The lowest BCUT2D eigenvalue weighted by atomic mass is 9.80. The van der Waals surface area contributed by atoms with Gasteiger partial charge in [-0.25, -0.2) is 0 Å². The second-order valence-corrected chi connectivity index (χ2v) is 5.33. The van der Waals surface area contributed by atoms with E-state index in [-0.39, 0.29) is 0 Å². The van der Waals surface area contributed by atoms with E-state index >= 15 is 0 Å². The van der Waals surface area contributed by atoms with E-state index in [1.165, 1.54) is 0 Å². The van der Waals surface area contributed by atoms with Crippen LogP contribution in [0.1, 0.15) is 36.7 Å². The third kappa shape index (κ3) is 2.91. The van der Waals surface area contributed by atoms with Gasteiger partial charge in [-0.1, -0.05) is 45.0 Å². The normalized spacial score (nSPS) is 17.3. The lowest BCUT2D eigenvalue weighted by Gasteiger charge is -2.37. The maximum atomic E-state index is 10.5. The minimum Gasteiger partial charge on any atom is -0.388 e. The zero-order valence-corrected chi connectivity index (χ0v) is 10.3. The number of aliphatic hydroxyl groups is 2. The molecule has 0 fully saturated rings. The summed E-state index contributed by atoms with van der Waals surface area (Å²) < 4.78 is 0.